The largest absolute Gasteiger partial charge is 0.493 e. The summed E-state index contributed by atoms with van der Waals surface area (Å²) in [6.45, 7) is 5.64. The lowest BCUT2D eigenvalue weighted by atomic mass is 10.1. The molecule has 0 fully saturated rings. The molecule has 0 aliphatic carbocycles. The standard InChI is InChI=1S/C23H30ClN7O4S/c1-5-10-30-21-18(24)19(27-20(21)22-28-25-14-31(22)23(30)32)16-13-15(7-8-17(16)35-12-6-2)36(33,34)26-9-11-29(3)4/h7-8,13-14,26-27H,5-6,9-12H2,1-4H3. The molecule has 0 atom stereocenters. The minimum absolute atomic E-state index is 0.0772. The number of rotatable bonds is 11. The van der Waals surface area contributed by atoms with E-state index >= 15 is 0 Å². The third-order valence-electron chi connectivity index (χ3n) is 5.68. The second-order valence-corrected chi connectivity index (χ2v) is 10.8. The molecular weight excluding hydrogens is 506 g/mol. The highest BCUT2D eigenvalue weighted by atomic mass is 35.5. The van der Waals surface area contributed by atoms with Gasteiger partial charge in [0.25, 0.3) is 0 Å². The van der Waals surface area contributed by atoms with Gasteiger partial charge in [0.1, 0.15) is 17.6 Å². The Labute approximate surface area is 214 Å². The van der Waals surface area contributed by atoms with Crippen molar-refractivity contribution in [2.45, 2.75) is 38.1 Å². The fourth-order valence-corrected chi connectivity index (χ4v) is 5.36. The Kier molecular flexibility index (Phi) is 7.69. The van der Waals surface area contributed by atoms with Gasteiger partial charge >= 0.3 is 5.69 Å². The molecule has 0 saturated carbocycles. The van der Waals surface area contributed by atoms with E-state index in [1.807, 2.05) is 32.8 Å². The Morgan fingerprint density at radius 1 is 1.22 bits per heavy atom. The summed E-state index contributed by atoms with van der Waals surface area (Å²) in [4.78, 5) is 18.3. The molecule has 36 heavy (non-hydrogen) atoms. The van der Waals surface area contributed by atoms with Crippen molar-refractivity contribution in [1.29, 1.82) is 0 Å². The molecule has 0 unspecified atom stereocenters. The number of fused-ring (bicyclic) bond motifs is 3. The molecule has 0 radical (unpaired) electrons. The summed E-state index contributed by atoms with van der Waals surface area (Å²) in [5, 5.41) is 8.27. The molecule has 2 N–H and O–H groups in total. The molecule has 0 bridgehead atoms. The van der Waals surface area contributed by atoms with Crippen LogP contribution in [0, 0.1) is 0 Å². The summed E-state index contributed by atoms with van der Waals surface area (Å²) in [6.07, 6.45) is 2.83. The van der Waals surface area contributed by atoms with Crippen molar-refractivity contribution >= 4 is 38.3 Å². The quantitative estimate of drug-likeness (QED) is 0.302. The maximum absolute atomic E-state index is 13.1. The van der Waals surface area contributed by atoms with Gasteiger partial charge in [-0.3, -0.25) is 4.57 Å². The number of aromatic nitrogens is 5. The monoisotopic (exact) mass is 535 g/mol. The summed E-state index contributed by atoms with van der Waals surface area (Å²) in [7, 11) is -0.0473. The number of nitrogens with zero attached hydrogens (tertiary/aromatic N) is 5. The molecule has 1 aromatic carbocycles. The Bertz CT molecular complexity index is 1560. The highest BCUT2D eigenvalue weighted by Gasteiger charge is 2.24. The number of sulfonamides is 1. The van der Waals surface area contributed by atoms with Crippen LogP contribution in [0.15, 0.2) is 34.2 Å². The van der Waals surface area contributed by atoms with Gasteiger partial charge < -0.3 is 14.6 Å². The minimum Gasteiger partial charge on any atom is -0.493 e. The van der Waals surface area contributed by atoms with Crippen LogP contribution in [0.5, 0.6) is 5.75 Å². The summed E-state index contributed by atoms with van der Waals surface area (Å²) < 4.78 is 37.5. The average Bonchev–Trinajstić information content (AvgIpc) is 3.45. The number of likely N-dealkylation sites (N-methyl/N-ethyl adjacent to an activating group) is 1. The van der Waals surface area contributed by atoms with Crippen molar-refractivity contribution in [3.05, 3.63) is 40.0 Å². The fraction of sp³-hybridized carbons (Fsp3) is 0.435. The Morgan fingerprint density at radius 3 is 2.69 bits per heavy atom. The van der Waals surface area contributed by atoms with Crippen LogP contribution < -0.4 is 15.1 Å². The van der Waals surface area contributed by atoms with Crippen LogP contribution in [0.25, 0.3) is 27.9 Å². The van der Waals surface area contributed by atoms with Crippen molar-refractivity contribution in [1.82, 2.24) is 33.8 Å². The molecular formula is C23H30ClN7O4S. The smallest absolute Gasteiger partial charge is 0.335 e. The predicted octanol–water partition coefficient (Wildman–Crippen LogP) is 2.73. The summed E-state index contributed by atoms with van der Waals surface area (Å²) in [5.74, 6) is 0.472. The molecule has 11 nitrogen and oxygen atoms in total. The van der Waals surface area contributed by atoms with Crippen LogP contribution in [0.1, 0.15) is 26.7 Å². The lowest BCUT2D eigenvalue weighted by Crippen LogP contribution is -2.31. The number of aromatic amines is 1. The summed E-state index contributed by atoms with van der Waals surface area (Å²) in [6, 6.07) is 4.66. The number of nitrogens with one attached hydrogen (secondary N) is 2. The number of benzene rings is 1. The molecule has 0 aliphatic heterocycles. The van der Waals surface area contributed by atoms with Gasteiger partial charge in [-0.2, -0.15) is 0 Å². The molecule has 0 amide bonds. The van der Waals surface area contributed by atoms with Crippen LogP contribution >= 0.6 is 11.6 Å². The first-order valence-electron chi connectivity index (χ1n) is 11.7. The first kappa shape index (κ1) is 26.1. The van der Waals surface area contributed by atoms with Gasteiger partial charge in [-0.25, -0.2) is 22.3 Å². The molecule has 0 spiro atoms. The number of ether oxygens (including phenoxy) is 1. The van der Waals surface area contributed by atoms with Crippen molar-refractivity contribution < 1.29 is 13.2 Å². The Hall–Kier alpha value is -2.93. The number of hydrogen-bond donors (Lipinski definition) is 2. The van der Waals surface area contributed by atoms with Gasteiger partial charge in [-0.1, -0.05) is 25.4 Å². The highest BCUT2D eigenvalue weighted by Crippen LogP contribution is 2.40. The van der Waals surface area contributed by atoms with E-state index in [0.717, 1.165) is 6.42 Å². The van der Waals surface area contributed by atoms with E-state index in [9.17, 15) is 13.2 Å². The van der Waals surface area contributed by atoms with Gasteiger partial charge in [0, 0.05) is 25.2 Å². The Morgan fingerprint density at radius 2 is 2.00 bits per heavy atom. The van der Waals surface area contributed by atoms with Crippen molar-refractivity contribution in [2.75, 3.05) is 33.8 Å². The molecule has 0 aliphatic rings. The molecule has 3 aromatic heterocycles. The maximum atomic E-state index is 13.1. The lowest BCUT2D eigenvalue weighted by Gasteiger charge is -2.14. The van der Waals surface area contributed by atoms with Gasteiger partial charge in [0.05, 0.1) is 27.7 Å². The van der Waals surface area contributed by atoms with Crippen LogP contribution in [-0.4, -0.2) is 71.3 Å². The zero-order chi connectivity index (χ0) is 26.0. The number of hydrogen-bond acceptors (Lipinski definition) is 7. The zero-order valence-electron chi connectivity index (χ0n) is 20.7. The summed E-state index contributed by atoms with van der Waals surface area (Å²) in [5.41, 5.74) is 1.94. The molecule has 194 valence electrons. The van der Waals surface area contributed by atoms with E-state index in [4.69, 9.17) is 16.3 Å². The fourth-order valence-electron chi connectivity index (χ4n) is 3.97. The van der Waals surface area contributed by atoms with Gasteiger partial charge in [0.15, 0.2) is 5.65 Å². The second kappa shape index (κ2) is 10.6. The van der Waals surface area contributed by atoms with Crippen LogP contribution in [0.4, 0.5) is 0 Å². The Balaban J connectivity index is 1.93. The molecule has 4 rings (SSSR count). The molecule has 13 heteroatoms. The van der Waals surface area contributed by atoms with Crippen LogP contribution in [-0.2, 0) is 16.6 Å². The van der Waals surface area contributed by atoms with Crippen molar-refractivity contribution in [2.24, 2.45) is 0 Å². The topological polar surface area (TPSA) is 127 Å². The second-order valence-electron chi connectivity index (χ2n) is 8.70. The normalized spacial score (nSPS) is 12.3. The lowest BCUT2D eigenvalue weighted by molar-refractivity contribution is 0.318. The highest BCUT2D eigenvalue weighted by molar-refractivity contribution is 7.89. The zero-order valence-corrected chi connectivity index (χ0v) is 22.3. The van der Waals surface area contributed by atoms with E-state index in [1.165, 1.54) is 22.9 Å². The number of H-pyrrole nitrogens is 1. The van der Waals surface area contributed by atoms with Crippen LogP contribution in [0.3, 0.4) is 0 Å². The third-order valence-corrected chi connectivity index (χ3v) is 7.51. The van der Waals surface area contributed by atoms with Crippen molar-refractivity contribution in [3.63, 3.8) is 0 Å². The summed E-state index contributed by atoms with van der Waals surface area (Å²) >= 11 is 6.89. The SMILES string of the molecule is CCCOc1ccc(S(=O)(=O)NCCN(C)C)cc1-c1[nH]c2c(c1Cl)n(CCC)c(=O)n1cnnc21. The van der Waals surface area contributed by atoms with E-state index in [1.54, 1.807) is 10.6 Å². The van der Waals surface area contributed by atoms with E-state index < -0.39 is 10.0 Å². The van der Waals surface area contributed by atoms with Crippen LogP contribution in [0.2, 0.25) is 5.02 Å². The first-order valence-corrected chi connectivity index (χ1v) is 13.6. The number of aryl methyl sites for hydroxylation is 1. The molecule has 3 heterocycles. The van der Waals surface area contributed by atoms with Gasteiger partial charge in [0.2, 0.25) is 10.0 Å². The predicted molar refractivity (Wildman–Crippen MR) is 139 cm³/mol. The average molecular weight is 536 g/mol. The van der Waals surface area contributed by atoms with E-state index in [2.05, 4.69) is 19.9 Å². The number of halogens is 1. The molecule has 4 aromatic rings. The van der Waals surface area contributed by atoms with E-state index in [0.29, 0.717) is 59.8 Å². The van der Waals surface area contributed by atoms with Crippen molar-refractivity contribution in [3.8, 4) is 17.0 Å². The first-order chi connectivity index (χ1) is 17.2. The maximum Gasteiger partial charge on any atom is 0.335 e. The van der Waals surface area contributed by atoms with Gasteiger partial charge in [-0.15, -0.1) is 10.2 Å². The van der Waals surface area contributed by atoms with E-state index in [-0.39, 0.29) is 22.2 Å². The van der Waals surface area contributed by atoms with Gasteiger partial charge in [-0.05, 0) is 45.1 Å². The minimum atomic E-state index is -3.79. The molecule has 0 saturated heterocycles. The third kappa shape index (κ3) is 4.85.